The fraction of sp³-hybridized carbons (Fsp3) is 0.688. The number of rotatable bonds is 22. The fourth-order valence-electron chi connectivity index (χ4n) is 4.60. The molecule has 0 unspecified atom stereocenters. The third kappa shape index (κ3) is 14.3. The first-order valence-electron chi connectivity index (χ1n) is 14.9. The summed E-state index contributed by atoms with van der Waals surface area (Å²) in [6.45, 7) is 5.30. The van der Waals surface area contributed by atoms with Crippen LogP contribution < -0.4 is 4.74 Å². The lowest BCUT2D eigenvalue weighted by Crippen LogP contribution is -1.99. The van der Waals surface area contributed by atoms with Crippen molar-refractivity contribution in [3.05, 3.63) is 42.2 Å². The topological polar surface area (TPSA) is 35.0 Å². The summed E-state index contributed by atoms with van der Waals surface area (Å²) in [4.78, 5) is 9.05. The van der Waals surface area contributed by atoms with Crippen molar-refractivity contribution < 1.29 is 4.74 Å². The Hall–Kier alpha value is -1.90. The zero-order chi connectivity index (χ0) is 24.8. The van der Waals surface area contributed by atoms with Crippen molar-refractivity contribution in [1.82, 2.24) is 9.97 Å². The molecule has 0 N–H and O–H groups in total. The van der Waals surface area contributed by atoms with E-state index in [2.05, 4.69) is 48.1 Å². The number of aryl methyl sites for hydroxylation is 1. The maximum atomic E-state index is 5.82. The van der Waals surface area contributed by atoms with Gasteiger partial charge in [-0.05, 0) is 24.8 Å². The lowest BCUT2D eigenvalue weighted by atomic mass is 10.0. The molecule has 0 spiro atoms. The average molecular weight is 481 g/mol. The van der Waals surface area contributed by atoms with Gasteiger partial charge in [-0.1, -0.05) is 141 Å². The highest BCUT2D eigenvalue weighted by molar-refractivity contribution is 5.55. The molecule has 0 aliphatic heterocycles. The van der Waals surface area contributed by atoms with E-state index >= 15 is 0 Å². The molecule has 1 heterocycles. The van der Waals surface area contributed by atoms with Gasteiger partial charge in [0.1, 0.15) is 0 Å². The number of hydrogen-bond donors (Lipinski definition) is 0. The summed E-state index contributed by atoms with van der Waals surface area (Å²) in [5.74, 6) is 1.54. The summed E-state index contributed by atoms with van der Waals surface area (Å²) in [6, 6.07) is 8.78. The molecule has 2 aromatic rings. The van der Waals surface area contributed by atoms with E-state index in [0.29, 0.717) is 0 Å². The van der Waals surface area contributed by atoms with Gasteiger partial charge >= 0.3 is 0 Å². The lowest BCUT2D eigenvalue weighted by molar-refractivity contribution is 0.302. The molecule has 0 radical (unpaired) electrons. The van der Waals surface area contributed by atoms with E-state index in [1.54, 1.807) is 0 Å². The predicted octanol–water partition coefficient (Wildman–Crippen LogP) is 10.1. The molecule has 3 heteroatoms. The summed E-state index contributed by atoms with van der Waals surface area (Å²) in [5.41, 5.74) is 2.49. The van der Waals surface area contributed by atoms with Crippen LogP contribution in [0.4, 0.5) is 0 Å². The minimum atomic E-state index is 0.754. The van der Waals surface area contributed by atoms with Gasteiger partial charge in [-0.3, -0.25) is 0 Å². The number of ether oxygens (including phenoxy) is 1. The van der Waals surface area contributed by atoms with Gasteiger partial charge in [0, 0.05) is 5.56 Å². The molecule has 0 saturated carbocycles. The normalized spacial score (nSPS) is 11.1. The molecule has 0 bridgehead atoms. The Balaban J connectivity index is 1.54. The van der Waals surface area contributed by atoms with Gasteiger partial charge < -0.3 is 4.74 Å². The minimum Gasteiger partial charge on any atom is -0.490 e. The van der Waals surface area contributed by atoms with Crippen LogP contribution in [-0.2, 0) is 6.42 Å². The Bertz CT molecular complexity index is 726. The molecule has 0 saturated heterocycles. The largest absolute Gasteiger partial charge is 0.490 e. The Kier molecular flexibility index (Phi) is 17.0. The Morgan fingerprint density at radius 2 is 1.00 bits per heavy atom. The maximum absolute atomic E-state index is 5.82. The zero-order valence-corrected chi connectivity index (χ0v) is 22.9. The molecule has 35 heavy (non-hydrogen) atoms. The molecular formula is C32H52N2O. The van der Waals surface area contributed by atoms with Crippen LogP contribution in [0.3, 0.4) is 0 Å². The summed E-state index contributed by atoms with van der Waals surface area (Å²) in [6.07, 6.45) is 29.2. The van der Waals surface area contributed by atoms with Gasteiger partial charge in [0.25, 0.3) is 0 Å². The van der Waals surface area contributed by atoms with Crippen LogP contribution in [-0.4, -0.2) is 16.6 Å². The van der Waals surface area contributed by atoms with E-state index in [4.69, 9.17) is 4.74 Å². The average Bonchev–Trinajstić information content (AvgIpc) is 2.89. The molecule has 0 fully saturated rings. The third-order valence-electron chi connectivity index (χ3n) is 6.93. The molecule has 196 valence electrons. The molecule has 3 nitrogen and oxygen atoms in total. The van der Waals surface area contributed by atoms with Crippen molar-refractivity contribution >= 4 is 0 Å². The van der Waals surface area contributed by atoms with E-state index < -0.39 is 0 Å². The molecule has 0 aliphatic carbocycles. The summed E-state index contributed by atoms with van der Waals surface area (Å²) in [5, 5.41) is 0. The first kappa shape index (κ1) is 29.3. The minimum absolute atomic E-state index is 0.754. The molecule has 1 aromatic carbocycles. The van der Waals surface area contributed by atoms with Crippen LogP contribution in [0, 0.1) is 0 Å². The maximum Gasteiger partial charge on any atom is 0.159 e. The molecular weight excluding hydrogens is 428 g/mol. The first-order valence-corrected chi connectivity index (χ1v) is 14.9. The van der Waals surface area contributed by atoms with Gasteiger partial charge in [-0.15, -0.1) is 0 Å². The van der Waals surface area contributed by atoms with Crippen LogP contribution in [0.15, 0.2) is 36.7 Å². The highest BCUT2D eigenvalue weighted by Crippen LogP contribution is 2.19. The van der Waals surface area contributed by atoms with Crippen molar-refractivity contribution in [3.8, 4) is 17.1 Å². The van der Waals surface area contributed by atoms with Gasteiger partial charge in [0.05, 0.1) is 19.0 Å². The first-order chi connectivity index (χ1) is 17.3. The SMILES string of the molecule is CCCCCCCCCCCCCc1ccc(-c2ncc(OCCCCCCCCC)cn2)cc1. The summed E-state index contributed by atoms with van der Waals surface area (Å²) >= 11 is 0. The quantitative estimate of drug-likeness (QED) is 0.157. The van der Waals surface area contributed by atoms with Gasteiger partial charge in [-0.2, -0.15) is 0 Å². The van der Waals surface area contributed by atoms with Crippen LogP contribution in [0.1, 0.15) is 135 Å². The lowest BCUT2D eigenvalue weighted by Gasteiger charge is -2.07. The Labute approximate surface area is 216 Å². The van der Waals surface area contributed by atoms with Crippen molar-refractivity contribution in [2.24, 2.45) is 0 Å². The van der Waals surface area contributed by atoms with Crippen molar-refractivity contribution in [2.75, 3.05) is 6.61 Å². The highest BCUT2D eigenvalue weighted by atomic mass is 16.5. The fourth-order valence-corrected chi connectivity index (χ4v) is 4.60. The third-order valence-corrected chi connectivity index (χ3v) is 6.93. The zero-order valence-electron chi connectivity index (χ0n) is 22.9. The van der Waals surface area contributed by atoms with Crippen molar-refractivity contribution in [3.63, 3.8) is 0 Å². The Morgan fingerprint density at radius 1 is 0.543 bits per heavy atom. The Morgan fingerprint density at radius 3 is 1.51 bits per heavy atom. The van der Waals surface area contributed by atoms with Crippen LogP contribution in [0.2, 0.25) is 0 Å². The second-order valence-corrected chi connectivity index (χ2v) is 10.2. The molecule has 0 atom stereocenters. The van der Waals surface area contributed by atoms with Gasteiger partial charge in [0.2, 0.25) is 0 Å². The van der Waals surface area contributed by atoms with Crippen molar-refractivity contribution in [1.29, 1.82) is 0 Å². The molecule has 0 amide bonds. The van der Waals surface area contributed by atoms with E-state index in [-0.39, 0.29) is 0 Å². The second-order valence-electron chi connectivity index (χ2n) is 10.2. The summed E-state index contributed by atoms with van der Waals surface area (Å²) in [7, 11) is 0. The van der Waals surface area contributed by atoms with Crippen LogP contribution in [0.25, 0.3) is 11.4 Å². The summed E-state index contributed by atoms with van der Waals surface area (Å²) < 4.78 is 5.82. The van der Waals surface area contributed by atoms with Crippen LogP contribution in [0.5, 0.6) is 5.75 Å². The number of unbranched alkanes of at least 4 members (excludes halogenated alkanes) is 16. The molecule has 1 aromatic heterocycles. The molecule has 2 rings (SSSR count). The van der Waals surface area contributed by atoms with Crippen LogP contribution >= 0.6 is 0 Å². The predicted molar refractivity (Wildman–Crippen MR) is 151 cm³/mol. The van der Waals surface area contributed by atoms with E-state index in [1.807, 2.05) is 12.4 Å². The second kappa shape index (κ2) is 20.3. The van der Waals surface area contributed by atoms with Crippen molar-refractivity contribution in [2.45, 2.75) is 136 Å². The smallest absolute Gasteiger partial charge is 0.159 e. The number of hydrogen-bond acceptors (Lipinski definition) is 3. The van der Waals surface area contributed by atoms with E-state index in [0.717, 1.165) is 30.2 Å². The number of nitrogens with zero attached hydrogens (tertiary/aromatic N) is 2. The number of benzene rings is 1. The number of aromatic nitrogens is 2. The van der Waals surface area contributed by atoms with Gasteiger partial charge in [0.15, 0.2) is 11.6 Å². The monoisotopic (exact) mass is 480 g/mol. The standard InChI is InChI=1S/C32H52N2O/c1-3-5-7-9-11-12-13-14-15-17-19-21-29-22-24-30(25-23-29)32-33-27-31(28-34-32)35-26-20-18-16-10-8-6-4-2/h22-25,27-28H,3-21,26H2,1-2H3. The van der Waals surface area contributed by atoms with E-state index in [9.17, 15) is 0 Å². The van der Waals surface area contributed by atoms with Gasteiger partial charge in [-0.25, -0.2) is 9.97 Å². The highest BCUT2D eigenvalue weighted by Gasteiger charge is 2.03. The van der Waals surface area contributed by atoms with E-state index in [1.165, 1.54) is 121 Å². The molecule has 0 aliphatic rings.